The molecule has 0 aliphatic heterocycles. The van der Waals surface area contributed by atoms with E-state index in [1.165, 1.54) is 12.1 Å². The minimum absolute atomic E-state index is 0.0157. The van der Waals surface area contributed by atoms with E-state index in [0.29, 0.717) is 5.75 Å². The molecule has 4 heteroatoms. The SMILES string of the molecule is Cc1ccc(Oc2cccc(F)c2C(=N)N)cc1. The predicted octanol–water partition coefficient (Wildman–Crippen LogP) is 3.21. The first-order valence-electron chi connectivity index (χ1n) is 5.45. The summed E-state index contributed by atoms with van der Waals surface area (Å²) in [6.45, 7) is 1.97. The molecule has 0 aliphatic rings. The van der Waals surface area contributed by atoms with Crippen LogP contribution in [0.15, 0.2) is 42.5 Å². The second-order valence-electron chi connectivity index (χ2n) is 3.94. The van der Waals surface area contributed by atoms with Gasteiger partial charge in [-0.3, -0.25) is 5.41 Å². The molecular formula is C14H13FN2O. The van der Waals surface area contributed by atoms with Gasteiger partial charge < -0.3 is 10.5 Å². The fraction of sp³-hybridized carbons (Fsp3) is 0.0714. The molecule has 0 saturated carbocycles. The molecule has 0 saturated heterocycles. The number of nitrogens with one attached hydrogen (secondary N) is 1. The first-order valence-corrected chi connectivity index (χ1v) is 5.45. The monoisotopic (exact) mass is 244 g/mol. The highest BCUT2D eigenvalue weighted by Gasteiger charge is 2.12. The maximum atomic E-state index is 13.6. The van der Waals surface area contributed by atoms with Crippen LogP contribution in [0.2, 0.25) is 0 Å². The molecule has 0 heterocycles. The summed E-state index contributed by atoms with van der Waals surface area (Å²) in [5.74, 6) is -0.0950. The third kappa shape index (κ3) is 2.48. The molecule has 0 aromatic heterocycles. The lowest BCUT2D eigenvalue weighted by Gasteiger charge is -2.11. The zero-order chi connectivity index (χ0) is 13.1. The largest absolute Gasteiger partial charge is 0.456 e. The smallest absolute Gasteiger partial charge is 0.141 e. The fourth-order valence-corrected chi connectivity index (χ4v) is 1.58. The van der Waals surface area contributed by atoms with Gasteiger partial charge >= 0.3 is 0 Å². The molecule has 2 aromatic carbocycles. The van der Waals surface area contributed by atoms with Crippen molar-refractivity contribution < 1.29 is 9.13 Å². The summed E-state index contributed by atoms with van der Waals surface area (Å²) in [7, 11) is 0. The molecule has 0 radical (unpaired) electrons. The highest BCUT2D eigenvalue weighted by atomic mass is 19.1. The maximum Gasteiger partial charge on any atom is 0.141 e. The van der Waals surface area contributed by atoms with E-state index in [0.717, 1.165) is 5.56 Å². The molecule has 0 unspecified atom stereocenters. The van der Waals surface area contributed by atoms with E-state index < -0.39 is 5.82 Å². The summed E-state index contributed by atoms with van der Waals surface area (Å²) in [6, 6.07) is 11.7. The minimum atomic E-state index is -0.563. The summed E-state index contributed by atoms with van der Waals surface area (Å²) in [4.78, 5) is 0. The number of hydrogen-bond donors (Lipinski definition) is 2. The Morgan fingerprint density at radius 2 is 1.83 bits per heavy atom. The van der Waals surface area contributed by atoms with E-state index in [1.54, 1.807) is 18.2 Å². The lowest BCUT2D eigenvalue weighted by molar-refractivity contribution is 0.475. The van der Waals surface area contributed by atoms with Crippen molar-refractivity contribution in [2.45, 2.75) is 6.92 Å². The normalized spacial score (nSPS) is 10.1. The third-order valence-electron chi connectivity index (χ3n) is 2.49. The van der Waals surface area contributed by atoms with Crippen molar-refractivity contribution in [2.75, 3.05) is 0 Å². The average molecular weight is 244 g/mol. The van der Waals surface area contributed by atoms with Crippen LogP contribution in [0.4, 0.5) is 4.39 Å². The van der Waals surface area contributed by atoms with E-state index >= 15 is 0 Å². The Bertz CT molecular complexity index is 579. The Hall–Kier alpha value is -2.36. The first kappa shape index (κ1) is 12.1. The van der Waals surface area contributed by atoms with Crippen LogP contribution in [-0.4, -0.2) is 5.84 Å². The summed E-state index contributed by atoms with van der Waals surface area (Å²) < 4.78 is 19.1. The molecule has 0 amide bonds. The summed E-state index contributed by atoms with van der Waals surface area (Å²) >= 11 is 0. The highest BCUT2D eigenvalue weighted by molar-refractivity contribution is 5.98. The van der Waals surface area contributed by atoms with Crippen molar-refractivity contribution in [3.05, 3.63) is 59.4 Å². The first-order chi connectivity index (χ1) is 8.58. The number of amidine groups is 1. The highest BCUT2D eigenvalue weighted by Crippen LogP contribution is 2.26. The lowest BCUT2D eigenvalue weighted by atomic mass is 10.1. The summed E-state index contributed by atoms with van der Waals surface area (Å²) in [5, 5.41) is 7.37. The topological polar surface area (TPSA) is 59.1 Å². The predicted molar refractivity (Wildman–Crippen MR) is 68.7 cm³/mol. The second-order valence-corrected chi connectivity index (χ2v) is 3.94. The number of halogens is 1. The van der Waals surface area contributed by atoms with Gasteiger partial charge in [-0.1, -0.05) is 23.8 Å². The molecule has 0 atom stereocenters. The molecule has 92 valence electrons. The van der Waals surface area contributed by atoms with Gasteiger partial charge in [0.1, 0.15) is 23.2 Å². The second kappa shape index (κ2) is 4.87. The van der Waals surface area contributed by atoms with Gasteiger partial charge in [0.15, 0.2) is 0 Å². The minimum Gasteiger partial charge on any atom is -0.456 e. The van der Waals surface area contributed by atoms with Crippen LogP contribution in [0, 0.1) is 18.2 Å². The van der Waals surface area contributed by atoms with Gasteiger partial charge in [-0.15, -0.1) is 0 Å². The number of benzene rings is 2. The van der Waals surface area contributed by atoms with Gasteiger partial charge in [-0.05, 0) is 31.2 Å². The zero-order valence-electron chi connectivity index (χ0n) is 9.91. The van der Waals surface area contributed by atoms with Crippen molar-refractivity contribution in [2.24, 2.45) is 5.73 Å². The number of rotatable bonds is 3. The van der Waals surface area contributed by atoms with Crippen molar-refractivity contribution in [3.63, 3.8) is 0 Å². The molecule has 18 heavy (non-hydrogen) atoms. The molecule has 2 aromatic rings. The van der Waals surface area contributed by atoms with Crippen LogP contribution < -0.4 is 10.5 Å². The van der Waals surface area contributed by atoms with Crippen LogP contribution in [0.1, 0.15) is 11.1 Å². The van der Waals surface area contributed by atoms with Crippen LogP contribution in [0.3, 0.4) is 0 Å². The molecule has 0 spiro atoms. The van der Waals surface area contributed by atoms with Crippen molar-refractivity contribution in [1.29, 1.82) is 5.41 Å². The lowest BCUT2D eigenvalue weighted by Crippen LogP contribution is -2.14. The van der Waals surface area contributed by atoms with E-state index in [2.05, 4.69) is 0 Å². The van der Waals surface area contributed by atoms with Crippen LogP contribution in [0.5, 0.6) is 11.5 Å². The van der Waals surface area contributed by atoms with Gasteiger partial charge in [0, 0.05) is 0 Å². The Kier molecular flexibility index (Phi) is 3.28. The molecular weight excluding hydrogens is 231 g/mol. The van der Waals surface area contributed by atoms with Gasteiger partial charge in [-0.2, -0.15) is 0 Å². The van der Waals surface area contributed by atoms with Crippen molar-refractivity contribution in [3.8, 4) is 11.5 Å². The number of hydrogen-bond acceptors (Lipinski definition) is 2. The number of aryl methyl sites for hydroxylation is 1. The Morgan fingerprint density at radius 1 is 1.17 bits per heavy atom. The van der Waals surface area contributed by atoms with E-state index in [4.69, 9.17) is 15.9 Å². The van der Waals surface area contributed by atoms with Crippen LogP contribution in [-0.2, 0) is 0 Å². The standard InChI is InChI=1S/C14H13FN2O/c1-9-5-7-10(8-6-9)18-12-4-2-3-11(15)13(12)14(16)17/h2-8H,1H3,(H3,16,17). The van der Waals surface area contributed by atoms with Crippen LogP contribution in [0.25, 0.3) is 0 Å². The van der Waals surface area contributed by atoms with E-state index in [1.807, 2.05) is 19.1 Å². The molecule has 0 aliphatic carbocycles. The molecule has 3 nitrogen and oxygen atoms in total. The number of nitrogens with two attached hydrogens (primary N) is 1. The molecule has 2 rings (SSSR count). The molecule has 0 fully saturated rings. The average Bonchev–Trinajstić information content (AvgIpc) is 2.32. The molecule has 3 N–H and O–H groups in total. The quantitative estimate of drug-likeness (QED) is 0.643. The summed E-state index contributed by atoms with van der Waals surface area (Å²) in [5.41, 5.74) is 6.45. The van der Waals surface area contributed by atoms with Crippen molar-refractivity contribution in [1.82, 2.24) is 0 Å². The van der Waals surface area contributed by atoms with E-state index in [-0.39, 0.29) is 17.1 Å². The Balaban J connectivity index is 2.37. The number of ether oxygens (including phenoxy) is 1. The van der Waals surface area contributed by atoms with Crippen molar-refractivity contribution >= 4 is 5.84 Å². The van der Waals surface area contributed by atoms with Crippen LogP contribution >= 0.6 is 0 Å². The Morgan fingerprint density at radius 3 is 2.44 bits per heavy atom. The van der Waals surface area contributed by atoms with Gasteiger partial charge in [0.05, 0.1) is 5.56 Å². The fourth-order valence-electron chi connectivity index (χ4n) is 1.58. The third-order valence-corrected chi connectivity index (χ3v) is 2.49. The maximum absolute atomic E-state index is 13.6. The number of nitrogen functional groups attached to an aromatic ring is 1. The van der Waals surface area contributed by atoms with Gasteiger partial charge in [0.25, 0.3) is 0 Å². The van der Waals surface area contributed by atoms with Gasteiger partial charge in [-0.25, -0.2) is 4.39 Å². The van der Waals surface area contributed by atoms with Gasteiger partial charge in [0.2, 0.25) is 0 Å². The zero-order valence-corrected chi connectivity index (χ0v) is 9.91. The Labute approximate surface area is 105 Å². The molecule has 0 bridgehead atoms. The summed E-state index contributed by atoms with van der Waals surface area (Å²) in [6.07, 6.45) is 0. The van der Waals surface area contributed by atoms with E-state index in [9.17, 15) is 4.39 Å².